The van der Waals surface area contributed by atoms with E-state index in [1.807, 2.05) is 0 Å². The van der Waals surface area contributed by atoms with Gasteiger partial charge in [-0.15, -0.1) is 0 Å². The molecule has 22 heavy (non-hydrogen) atoms. The molecule has 0 unspecified atom stereocenters. The van der Waals surface area contributed by atoms with Crippen LogP contribution < -0.4 is 0 Å². The Morgan fingerprint density at radius 2 is 1.82 bits per heavy atom. The van der Waals surface area contributed by atoms with Gasteiger partial charge in [0.25, 0.3) is 0 Å². The van der Waals surface area contributed by atoms with Gasteiger partial charge in [0.2, 0.25) is 0 Å². The molecule has 0 amide bonds. The maximum absolute atomic E-state index is 6.38. The van der Waals surface area contributed by atoms with Crippen LogP contribution in [-0.2, 0) is 11.3 Å². The number of rotatable bonds is 3. The highest BCUT2D eigenvalue weighted by Gasteiger charge is 2.51. The fourth-order valence-corrected chi connectivity index (χ4v) is 5.01. The third kappa shape index (κ3) is 2.88. The molecule has 1 heteroatoms. The lowest BCUT2D eigenvalue weighted by Gasteiger charge is -2.55. The molecule has 0 bridgehead atoms. The maximum Gasteiger partial charge on any atom is 0.0720 e. The SMILES string of the molecule is CC1=C[C@@]2(C)CC[C@H](OCc3ccccc3)C(C)(C)[C@@H]2CC1. The van der Waals surface area contributed by atoms with Crippen LogP contribution in [0.5, 0.6) is 0 Å². The first kappa shape index (κ1) is 15.8. The number of hydrogen-bond acceptors (Lipinski definition) is 1. The van der Waals surface area contributed by atoms with Crippen molar-refractivity contribution in [2.75, 3.05) is 0 Å². The molecule has 0 aromatic heterocycles. The van der Waals surface area contributed by atoms with E-state index in [2.05, 4.69) is 64.1 Å². The van der Waals surface area contributed by atoms with Gasteiger partial charge in [0.15, 0.2) is 0 Å². The number of fused-ring (bicyclic) bond motifs is 1. The molecule has 1 saturated carbocycles. The van der Waals surface area contributed by atoms with E-state index < -0.39 is 0 Å². The van der Waals surface area contributed by atoms with Crippen molar-refractivity contribution >= 4 is 0 Å². The van der Waals surface area contributed by atoms with Crippen molar-refractivity contribution < 1.29 is 4.74 Å². The molecule has 1 aromatic carbocycles. The van der Waals surface area contributed by atoms with Crippen LogP contribution in [0.15, 0.2) is 42.0 Å². The summed E-state index contributed by atoms with van der Waals surface area (Å²) >= 11 is 0. The van der Waals surface area contributed by atoms with Crippen molar-refractivity contribution in [3.8, 4) is 0 Å². The first-order valence-electron chi connectivity index (χ1n) is 8.76. The van der Waals surface area contributed by atoms with Gasteiger partial charge in [0.05, 0.1) is 12.7 Å². The predicted octanol–water partition coefficient (Wildman–Crippen LogP) is 5.75. The Morgan fingerprint density at radius 1 is 1.09 bits per heavy atom. The van der Waals surface area contributed by atoms with Crippen LogP contribution in [0.3, 0.4) is 0 Å². The van der Waals surface area contributed by atoms with Gasteiger partial charge in [0.1, 0.15) is 0 Å². The molecule has 0 N–H and O–H groups in total. The zero-order valence-electron chi connectivity index (χ0n) is 14.6. The normalized spacial score (nSPS) is 33.9. The summed E-state index contributed by atoms with van der Waals surface area (Å²) in [5, 5.41) is 0. The monoisotopic (exact) mass is 298 g/mol. The highest BCUT2D eigenvalue weighted by molar-refractivity contribution is 5.18. The molecule has 2 aliphatic rings. The maximum atomic E-state index is 6.38. The highest BCUT2D eigenvalue weighted by Crippen LogP contribution is 2.57. The smallest absolute Gasteiger partial charge is 0.0720 e. The molecule has 0 aliphatic heterocycles. The minimum Gasteiger partial charge on any atom is -0.373 e. The molecule has 3 rings (SSSR count). The summed E-state index contributed by atoms with van der Waals surface area (Å²) in [5.41, 5.74) is 3.49. The summed E-state index contributed by atoms with van der Waals surface area (Å²) in [4.78, 5) is 0. The second-order valence-corrected chi connectivity index (χ2v) is 8.23. The Balaban J connectivity index is 1.73. The number of ether oxygens (including phenoxy) is 1. The zero-order valence-corrected chi connectivity index (χ0v) is 14.6. The van der Waals surface area contributed by atoms with E-state index in [-0.39, 0.29) is 5.41 Å². The van der Waals surface area contributed by atoms with Crippen LogP contribution in [0.25, 0.3) is 0 Å². The van der Waals surface area contributed by atoms with Crippen LogP contribution in [0.1, 0.15) is 58.9 Å². The van der Waals surface area contributed by atoms with Crippen molar-refractivity contribution in [1.82, 2.24) is 0 Å². The summed E-state index contributed by atoms with van der Waals surface area (Å²) < 4.78 is 6.38. The van der Waals surface area contributed by atoms with Gasteiger partial charge in [-0.1, -0.05) is 62.8 Å². The standard InChI is InChI=1S/C21H30O/c1-16-10-11-18-20(2,3)19(12-13-21(18,4)14-16)22-15-17-8-6-5-7-9-17/h5-9,14,18-19H,10-13,15H2,1-4H3/t18-,19-,21+/m0/s1. The molecule has 2 aliphatic carbocycles. The van der Waals surface area contributed by atoms with E-state index in [0.717, 1.165) is 12.5 Å². The van der Waals surface area contributed by atoms with Crippen LogP contribution in [0, 0.1) is 16.7 Å². The molecular formula is C21H30O. The number of allylic oxidation sites excluding steroid dienone is 2. The lowest BCUT2D eigenvalue weighted by Crippen LogP contribution is -2.51. The van der Waals surface area contributed by atoms with Gasteiger partial charge in [-0.05, 0) is 54.9 Å². The molecule has 3 atom stereocenters. The van der Waals surface area contributed by atoms with Crippen molar-refractivity contribution in [2.24, 2.45) is 16.7 Å². The Labute approximate surface area is 135 Å². The molecule has 0 spiro atoms. The average Bonchev–Trinajstić information content (AvgIpc) is 2.46. The minimum absolute atomic E-state index is 0.249. The number of hydrogen-bond donors (Lipinski definition) is 0. The van der Waals surface area contributed by atoms with Crippen molar-refractivity contribution in [3.05, 3.63) is 47.5 Å². The largest absolute Gasteiger partial charge is 0.373 e. The van der Waals surface area contributed by atoms with Crippen LogP contribution in [-0.4, -0.2) is 6.10 Å². The Kier molecular flexibility index (Phi) is 4.20. The Morgan fingerprint density at radius 3 is 2.55 bits per heavy atom. The lowest BCUT2D eigenvalue weighted by atomic mass is 9.52. The van der Waals surface area contributed by atoms with E-state index in [1.165, 1.54) is 31.2 Å². The second kappa shape index (κ2) is 5.85. The van der Waals surface area contributed by atoms with Crippen molar-refractivity contribution in [3.63, 3.8) is 0 Å². The summed E-state index contributed by atoms with van der Waals surface area (Å²) in [5.74, 6) is 0.734. The van der Waals surface area contributed by atoms with E-state index in [0.29, 0.717) is 11.5 Å². The fraction of sp³-hybridized carbons (Fsp3) is 0.619. The molecule has 0 heterocycles. The summed E-state index contributed by atoms with van der Waals surface area (Å²) in [6.07, 6.45) is 7.95. The van der Waals surface area contributed by atoms with Gasteiger partial charge < -0.3 is 4.74 Å². The molecule has 0 saturated heterocycles. The lowest BCUT2D eigenvalue weighted by molar-refractivity contribution is -0.124. The highest BCUT2D eigenvalue weighted by atomic mass is 16.5. The summed E-state index contributed by atoms with van der Waals surface area (Å²) in [7, 11) is 0. The van der Waals surface area contributed by atoms with Gasteiger partial charge in [-0.3, -0.25) is 0 Å². The molecule has 1 fully saturated rings. The van der Waals surface area contributed by atoms with Crippen LogP contribution in [0.4, 0.5) is 0 Å². The van der Waals surface area contributed by atoms with E-state index >= 15 is 0 Å². The Hall–Kier alpha value is -1.08. The third-order valence-electron chi connectivity index (χ3n) is 6.17. The fourth-order valence-electron chi connectivity index (χ4n) is 5.01. The van der Waals surface area contributed by atoms with E-state index in [9.17, 15) is 0 Å². The van der Waals surface area contributed by atoms with Crippen LogP contribution in [0.2, 0.25) is 0 Å². The molecule has 1 aromatic rings. The molecule has 0 radical (unpaired) electrons. The topological polar surface area (TPSA) is 9.23 Å². The quantitative estimate of drug-likeness (QED) is 0.645. The van der Waals surface area contributed by atoms with E-state index in [4.69, 9.17) is 4.74 Å². The first-order chi connectivity index (χ1) is 10.4. The second-order valence-electron chi connectivity index (χ2n) is 8.23. The number of benzene rings is 1. The predicted molar refractivity (Wildman–Crippen MR) is 92.6 cm³/mol. The van der Waals surface area contributed by atoms with E-state index in [1.54, 1.807) is 5.57 Å². The average molecular weight is 298 g/mol. The summed E-state index contributed by atoms with van der Waals surface area (Å²) in [6, 6.07) is 10.6. The van der Waals surface area contributed by atoms with Crippen LogP contribution >= 0.6 is 0 Å². The molecule has 1 nitrogen and oxygen atoms in total. The molecular weight excluding hydrogens is 268 g/mol. The zero-order chi connectivity index (χ0) is 15.8. The molecule has 120 valence electrons. The van der Waals surface area contributed by atoms with Crippen molar-refractivity contribution in [1.29, 1.82) is 0 Å². The van der Waals surface area contributed by atoms with Gasteiger partial charge in [-0.2, -0.15) is 0 Å². The van der Waals surface area contributed by atoms with Gasteiger partial charge in [0, 0.05) is 0 Å². The first-order valence-corrected chi connectivity index (χ1v) is 8.76. The Bertz CT molecular complexity index is 542. The van der Waals surface area contributed by atoms with Gasteiger partial charge in [-0.25, -0.2) is 0 Å². The summed E-state index contributed by atoms with van der Waals surface area (Å²) in [6.45, 7) is 10.4. The van der Waals surface area contributed by atoms with Crippen molar-refractivity contribution in [2.45, 2.75) is 66.1 Å². The van der Waals surface area contributed by atoms with Gasteiger partial charge >= 0.3 is 0 Å². The third-order valence-corrected chi connectivity index (χ3v) is 6.17. The minimum atomic E-state index is 0.249.